The van der Waals surface area contributed by atoms with Gasteiger partial charge in [0.2, 0.25) is 11.8 Å². The molecule has 1 aromatic heterocycles. The van der Waals surface area contributed by atoms with Gasteiger partial charge in [-0.3, -0.25) is 19.3 Å². The molecule has 3 heterocycles. The number of amides is 2. The van der Waals surface area contributed by atoms with Crippen LogP contribution < -0.4 is 0 Å². The zero-order chi connectivity index (χ0) is 24.1. The molecular formula is C26H33N3O4S. The van der Waals surface area contributed by atoms with Crippen molar-refractivity contribution in [3.8, 4) is 0 Å². The fraction of sp³-hybridized carbons (Fsp3) is 0.500. The average molecular weight is 484 g/mol. The van der Waals surface area contributed by atoms with Gasteiger partial charge in [-0.1, -0.05) is 30.3 Å². The van der Waals surface area contributed by atoms with Crippen molar-refractivity contribution in [3.05, 3.63) is 57.8 Å². The molecule has 0 spiro atoms. The highest BCUT2D eigenvalue weighted by molar-refractivity contribution is 7.10. The first kappa shape index (κ1) is 24.4. The minimum atomic E-state index is -0.347. The smallest absolute Gasteiger partial charge is 0.306 e. The molecule has 0 bridgehead atoms. The summed E-state index contributed by atoms with van der Waals surface area (Å²) >= 11 is 1.80. The lowest BCUT2D eigenvalue weighted by atomic mass is 9.93. The summed E-state index contributed by atoms with van der Waals surface area (Å²) in [5, 5.41) is 2.14. The first-order valence-electron chi connectivity index (χ1n) is 12.1. The van der Waals surface area contributed by atoms with Gasteiger partial charge < -0.3 is 14.5 Å². The van der Waals surface area contributed by atoms with Crippen molar-refractivity contribution in [2.45, 2.75) is 45.2 Å². The van der Waals surface area contributed by atoms with E-state index >= 15 is 0 Å². The van der Waals surface area contributed by atoms with Crippen LogP contribution in [0, 0.1) is 0 Å². The highest BCUT2D eigenvalue weighted by atomic mass is 32.1. The molecule has 0 unspecified atom stereocenters. The van der Waals surface area contributed by atoms with Crippen LogP contribution in [0.2, 0.25) is 0 Å². The second-order valence-corrected chi connectivity index (χ2v) is 9.91. The largest absolute Gasteiger partial charge is 0.466 e. The summed E-state index contributed by atoms with van der Waals surface area (Å²) in [4.78, 5) is 44.9. The predicted octanol–water partition coefficient (Wildman–Crippen LogP) is 3.10. The molecule has 2 atom stereocenters. The molecule has 182 valence electrons. The van der Waals surface area contributed by atoms with Crippen LogP contribution in [0.3, 0.4) is 0 Å². The third kappa shape index (κ3) is 5.50. The highest BCUT2D eigenvalue weighted by Crippen LogP contribution is 2.37. The number of nitrogens with zero attached hydrogens (tertiary/aromatic N) is 3. The van der Waals surface area contributed by atoms with E-state index in [1.807, 2.05) is 17.9 Å². The lowest BCUT2D eigenvalue weighted by molar-refractivity contribution is -0.147. The maximum atomic E-state index is 13.3. The van der Waals surface area contributed by atoms with E-state index in [1.54, 1.807) is 23.2 Å². The van der Waals surface area contributed by atoms with Crippen LogP contribution in [0.4, 0.5) is 0 Å². The first-order chi connectivity index (χ1) is 16.5. The number of hydrogen-bond donors (Lipinski definition) is 0. The van der Waals surface area contributed by atoms with Gasteiger partial charge >= 0.3 is 5.97 Å². The molecule has 7 nitrogen and oxygen atoms in total. The van der Waals surface area contributed by atoms with Crippen molar-refractivity contribution in [2.24, 2.45) is 0 Å². The number of fused-ring (bicyclic) bond motifs is 1. The number of benzene rings is 1. The lowest BCUT2D eigenvalue weighted by Crippen LogP contribution is -2.57. The SMILES string of the molecule is CCOC(=O)CCC(=O)N1CCN(C(=O)CN2CCc3sccc3[C@@H]2c2ccccc2)C[C@H]1C. The molecule has 2 aromatic rings. The molecule has 34 heavy (non-hydrogen) atoms. The Labute approximate surface area is 205 Å². The van der Waals surface area contributed by atoms with Crippen molar-refractivity contribution in [1.82, 2.24) is 14.7 Å². The third-order valence-corrected chi connectivity index (χ3v) is 7.66. The van der Waals surface area contributed by atoms with E-state index in [-0.39, 0.29) is 42.7 Å². The van der Waals surface area contributed by atoms with Gasteiger partial charge in [0.15, 0.2) is 0 Å². The first-order valence-corrected chi connectivity index (χ1v) is 12.9. The maximum Gasteiger partial charge on any atom is 0.306 e. The number of esters is 1. The van der Waals surface area contributed by atoms with Gasteiger partial charge in [-0.2, -0.15) is 0 Å². The third-order valence-electron chi connectivity index (χ3n) is 6.67. The van der Waals surface area contributed by atoms with Gasteiger partial charge in [-0.05, 0) is 42.8 Å². The normalized spacial score (nSPS) is 20.6. The Bertz CT molecular complexity index is 1010. The number of carbonyl (C=O) groups excluding carboxylic acids is 3. The number of piperazine rings is 1. The fourth-order valence-electron chi connectivity index (χ4n) is 4.98. The minimum absolute atomic E-state index is 0.0576. The molecular weight excluding hydrogens is 450 g/mol. The van der Waals surface area contributed by atoms with Gasteiger partial charge in [0, 0.05) is 43.5 Å². The quantitative estimate of drug-likeness (QED) is 0.566. The van der Waals surface area contributed by atoms with Crippen molar-refractivity contribution in [1.29, 1.82) is 0 Å². The minimum Gasteiger partial charge on any atom is -0.466 e. The molecule has 0 saturated carbocycles. The summed E-state index contributed by atoms with van der Waals surface area (Å²) in [6.07, 6.45) is 1.20. The molecule has 1 fully saturated rings. The topological polar surface area (TPSA) is 70.2 Å². The van der Waals surface area contributed by atoms with E-state index < -0.39 is 0 Å². The number of ether oxygens (including phenoxy) is 1. The van der Waals surface area contributed by atoms with Gasteiger partial charge in [0.1, 0.15) is 0 Å². The highest BCUT2D eigenvalue weighted by Gasteiger charge is 2.34. The van der Waals surface area contributed by atoms with Crippen molar-refractivity contribution < 1.29 is 19.1 Å². The zero-order valence-corrected chi connectivity index (χ0v) is 20.8. The van der Waals surface area contributed by atoms with E-state index in [9.17, 15) is 14.4 Å². The molecule has 4 rings (SSSR count). The summed E-state index contributed by atoms with van der Waals surface area (Å²) in [6, 6.07) is 12.6. The average Bonchev–Trinajstić information content (AvgIpc) is 3.32. The Morgan fingerprint density at radius 3 is 2.56 bits per heavy atom. The molecule has 8 heteroatoms. The summed E-state index contributed by atoms with van der Waals surface area (Å²) < 4.78 is 4.92. The fourth-order valence-corrected chi connectivity index (χ4v) is 5.88. The number of thiophene rings is 1. The summed E-state index contributed by atoms with van der Waals surface area (Å²) in [5.74, 6) is -0.302. The number of carbonyl (C=O) groups is 3. The van der Waals surface area contributed by atoms with Crippen molar-refractivity contribution in [2.75, 3.05) is 39.3 Å². The van der Waals surface area contributed by atoms with Crippen LogP contribution in [-0.2, 0) is 25.5 Å². The Hall–Kier alpha value is -2.71. The number of hydrogen-bond acceptors (Lipinski definition) is 6. The van der Waals surface area contributed by atoms with E-state index in [1.165, 1.54) is 16.0 Å². The molecule has 1 aromatic carbocycles. The molecule has 2 aliphatic heterocycles. The second kappa shape index (κ2) is 11.1. The van der Waals surface area contributed by atoms with E-state index in [0.29, 0.717) is 32.8 Å². The monoisotopic (exact) mass is 483 g/mol. The molecule has 0 N–H and O–H groups in total. The van der Waals surface area contributed by atoms with Crippen LogP contribution in [0.25, 0.3) is 0 Å². The summed E-state index contributed by atoms with van der Waals surface area (Å²) in [7, 11) is 0. The second-order valence-electron chi connectivity index (χ2n) is 8.91. The van der Waals surface area contributed by atoms with Crippen molar-refractivity contribution in [3.63, 3.8) is 0 Å². The molecule has 2 amide bonds. The summed E-state index contributed by atoms with van der Waals surface area (Å²) in [5.41, 5.74) is 2.51. The predicted molar refractivity (Wildman–Crippen MR) is 132 cm³/mol. The van der Waals surface area contributed by atoms with Crippen LogP contribution in [-0.4, -0.2) is 77.9 Å². The molecule has 0 aliphatic carbocycles. The van der Waals surface area contributed by atoms with E-state index in [0.717, 1.165) is 13.0 Å². The Morgan fingerprint density at radius 1 is 1.03 bits per heavy atom. The van der Waals surface area contributed by atoms with Gasteiger partial charge in [0.25, 0.3) is 0 Å². The van der Waals surface area contributed by atoms with Crippen LogP contribution >= 0.6 is 11.3 Å². The van der Waals surface area contributed by atoms with Gasteiger partial charge in [-0.25, -0.2) is 0 Å². The van der Waals surface area contributed by atoms with Gasteiger partial charge in [0.05, 0.1) is 25.6 Å². The van der Waals surface area contributed by atoms with E-state index in [2.05, 4.69) is 40.6 Å². The van der Waals surface area contributed by atoms with E-state index in [4.69, 9.17) is 4.74 Å². The van der Waals surface area contributed by atoms with Crippen LogP contribution in [0.5, 0.6) is 0 Å². The molecule has 0 radical (unpaired) electrons. The standard InChI is InChI=1S/C26H33N3O4S/c1-3-33-25(32)10-9-23(30)29-15-14-27(17-19(29)2)24(31)18-28-13-11-22-21(12-16-34-22)26(28)20-7-5-4-6-8-20/h4-8,12,16,19,26H,3,9-11,13-15,17-18H2,1-2H3/t19-,26+/m1/s1. The van der Waals surface area contributed by atoms with Crippen LogP contribution in [0.15, 0.2) is 41.8 Å². The molecule has 1 saturated heterocycles. The number of rotatable bonds is 7. The Kier molecular flexibility index (Phi) is 8.00. The zero-order valence-electron chi connectivity index (χ0n) is 19.9. The molecule has 2 aliphatic rings. The summed E-state index contributed by atoms with van der Waals surface area (Å²) in [6.45, 7) is 6.76. The van der Waals surface area contributed by atoms with Crippen LogP contribution in [0.1, 0.15) is 48.7 Å². The Balaban J connectivity index is 1.37. The maximum absolute atomic E-state index is 13.3. The Morgan fingerprint density at radius 2 is 1.82 bits per heavy atom. The van der Waals surface area contributed by atoms with Crippen molar-refractivity contribution >= 4 is 29.1 Å². The lowest BCUT2D eigenvalue weighted by Gasteiger charge is -2.42. The van der Waals surface area contributed by atoms with Gasteiger partial charge in [-0.15, -0.1) is 11.3 Å².